The Balaban J connectivity index is 1.47. The summed E-state index contributed by atoms with van der Waals surface area (Å²) >= 11 is 25.7. The van der Waals surface area contributed by atoms with Gasteiger partial charge in [-0.2, -0.15) is 0 Å². The second-order valence-electron chi connectivity index (χ2n) is 6.95. The molecule has 0 spiro atoms. The number of aromatic nitrogens is 1. The Kier molecular flexibility index (Phi) is 6.54. The number of piperidine rings is 1. The van der Waals surface area contributed by atoms with Crippen LogP contribution in [-0.2, 0) is 9.84 Å². The molecule has 10 heteroatoms. The average Bonchev–Trinajstić information content (AvgIpc) is 3.20. The molecule has 30 heavy (non-hydrogen) atoms. The SMILES string of the molecule is O=S(=O)(c1ccc(Cl)cc1Cl)C1CCN(c2nc(-c3ccc(Cl)c(Cl)c3)cs2)CC1. The van der Waals surface area contributed by atoms with Crippen LogP contribution in [0.15, 0.2) is 46.7 Å². The lowest BCUT2D eigenvalue weighted by molar-refractivity contribution is 0.529. The number of anilines is 1. The third kappa shape index (κ3) is 4.45. The van der Waals surface area contributed by atoms with Crippen LogP contribution in [0.5, 0.6) is 0 Å². The van der Waals surface area contributed by atoms with Gasteiger partial charge in [0.05, 0.1) is 30.9 Å². The van der Waals surface area contributed by atoms with E-state index in [0.29, 0.717) is 41.0 Å². The molecule has 0 aliphatic carbocycles. The smallest absolute Gasteiger partial charge is 0.185 e. The lowest BCUT2D eigenvalue weighted by Crippen LogP contribution is -2.39. The van der Waals surface area contributed by atoms with E-state index in [9.17, 15) is 8.42 Å². The maximum Gasteiger partial charge on any atom is 0.185 e. The van der Waals surface area contributed by atoms with Gasteiger partial charge in [0.15, 0.2) is 15.0 Å². The molecule has 0 atom stereocenters. The highest BCUT2D eigenvalue weighted by atomic mass is 35.5. The molecule has 3 aromatic rings. The van der Waals surface area contributed by atoms with Crippen molar-refractivity contribution in [3.63, 3.8) is 0 Å². The van der Waals surface area contributed by atoms with E-state index in [1.54, 1.807) is 18.2 Å². The summed E-state index contributed by atoms with van der Waals surface area (Å²) in [6.45, 7) is 1.20. The molecular formula is C20H16Cl4N2O2S2. The Labute approximate surface area is 199 Å². The number of rotatable bonds is 4. The second kappa shape index (κ2) is 8.85. The summed E-state index contributed by atoms with van der Waals surface area (Å²) in [7, 11) is -3.52. The maximum atomic E-state index is 13.0. The molecule has 1 saturated heterocycles. The van der Waals surface area contributed by atoms with Gasteiger partial charge in [0.2, 0.25) is 0 Å². The van der Waals surface area contributed by atoms with Gasteiger partial charge in [-0.25, -0.2) is 13.4 Å². The summed E-state index contributed by atoms with van der Waals surface area (Å²) < 4.78 is 26.1. The fourth-order valence-electron chi connectivity index (χ4n) is 3.44. The van der Waals surface area contributed by atoms with E-state index in [-0.39, 0.29) is 9.92 Å². The number of sulfone groups is 1. The van der Waals surface area contributed by atoms with Gasteiger partial charge in [-0.15, -0.1) is 11.3 Å². The Hall–Kier alpha value is -1.02. The topological polar surface area (TPSA) is 50.3 Å². The zero-order valence-electron chi connectivity index (χ0n) is 15.5. The van der Waals surface area contributed by atoms with Crippen molar-refractivity contribution in [1.29, 1.82) is 0 Å². The van der Waals surface area contributed by atoms with Crippen LogP contribution in [0.3, 0.4) is 0 Å². The third-order valence-electron chi connectivity index (χ3n) is 5.06. The van der Waals surface area contributed by atoms with E-state index in [4.69, 9.17) is 51.4 Å². The van der Waals surface area contributed by atoms with Crippen molar-refractivity contribution in [2.75, 3.05) is 18.0 Å². The monoisotopic (exact) mass is 520 g/mol. The molecule has 0 saturated carbocycles. The van der Waals surface area contributed by atoms with Crippen LogP contribution in [0.4, 0.5) is 5.13 Å². The highest BCUT2D eigenvalue weighted by Gasteiger charge is 2.33. The van der Waals surface area contributed by atoms with Crippen LogP contribution >= 0.6 is 57.7 Å². The molecule has 0 unspecified atom stereocenters. The molecule has 1 fully saturated rings. The van der Waals surface area contributed by atoms with Crippen LogP contribution in [0.25, 0.3) is 11.3 Å². The predicted octanol–water partition coefficient (Wildman–Crippen LogP) is 6.87. The second-order valence-corrected chi connectivity index (χ2v) is 11.6. The Morgan fingerprint density at radius 3 is 2.33 bits per heavy atom. The van der Waals surface area contributed by atoms with E-state index in [0.717, 1.165) is 16.4 Å². The first-order valence-electron chi connectivity index (χ1n) is 9.10. The normalized spacial score (nSPS) is 15.5. The van der Waals surface area contributed by atoms with Gasteiger partial charge in [-0.3, -0.25) is 0 Å². The first kappa shape index (κ1) is 22.2. The first-order chi connectivity index (χ1) is 14.3. The van der Waals surface area contributed by atoms with Crippen LogP contribution < -0.4 is 4.90 Å². The molecule has 2 aromatic carbocycles. The molecule has 0 N–H and O–H groups in total. The number of nitrogens with zero attached hydrogens (tertiary/aromatic N) is 2. The number of hydrogen-bond acceptors (Lipinski definition) is 5. The van der Waals surface area contributed by atoms with E-state index in [1.165, 1.54) is 23.5 Å². The number of thiazole rings is 1. The van der Waals surface area contributed by atoms with Crippen molar-refractivity contribution in [1.82, 2.24) is 4.98 Å². The van der Waals surface area contributed by atoms with Crippen LogP contribution in [0.2, 0.25) is 20.1 Å². The van der Waals surface area contributed by atoms with Gasteiger partial charge in [0, 0.05) is 29.1 Å². The van der Waals surface area contributed by atoms with Crippen molar-refractivity contribution in [3.05, 3.63) is 61.9 Å². The Bertz CT molecular complexity index is 1190. The molecule has 4 rings (SSSR count). The summed E-state index contributed by atoms with van der Waals surface area (Å²) in [5.74, 6) is 0. The van der Waals surface area contributed by atoms with Gasteiger partial charge in [0.1, 0.15) is 0 Å². The Morgan fingerprint density at radius 1 is 0.933 bits per heavy atom. The summed E-state index contributed by atoms with van der Waals surface area (Å²) in [6, 6.07) is 9.91. The molecule has 1 aliphatic heterocycles. The summed E-state index contributed by atoms with van der Waals surface area (Å²) in [6.07, 6.45) is 1.01. The minimum atomic E-state index is -3.52. The van der Waals surface area contributed by atoms with Crippen LogP contribution in [0.1, 0.15) is 12.8 Å². The van der Waals surface area contributed by atoms with Gasteiger partial charge >= 0.3 is 0 Å². The van der Waals surface area contributed by atoms with Crippen molar-refractivity contribution in [3.8, 4) is 11.3 Å². The summed E-state index contributed by atoms with van der Waals surface area (Å²) in [5.41, 5.74) is 1.71. The Morgan fingerprint density at radius 2 is 1.67 bits per heavy atom. The molecule has 158 valence electrons. The fourth-order valence-corrected chi connectivity index (χ4v) is 7.14. The number of hydrogen-bond donors (Lipinski definition) is 0. The molecule has 0 bridgehead atoms. The summed E-state index contributed by atoms with van der Waals surface area (Å²) in [4.78, 5) is 6.96. The molecule has 0 amide bonds. The lowest BCUT2D eigenvalue weighted by Gasteiger charge is -2.31. The lowest BCUT2D eigenvalue weighted by atomic mass is 10.1. The van der Waals surface area contributed by atoms with Crippen molar-refractivity contribution < 1.29 is 8.42 Å². The quantitative estimate of drug-likeness (QED) is 0.376. The van der Waals surface area contributed by atoms with Crippen LogP contribution in [0, 0.1) is 0 Å². The average molecular weight is 522 g/mol. The molecule has 1 aromatic heterocycles. The van der Waals surface area contributed by atoms with Crippen molar-refractivity contribution in [2.24, 2.45) is 0 Å². The maximum absolute atomic E-state index is 13.0. The molecule has 4 nitrogen and oxygen atoms in total. The molecular weight excluding hydrogens is 506 g/mol. The minimum absolute atomic E-state index is 0.142. The highest BCUT2D eigenvalue weighted by molar-refractivity contribution is 7.92. The van der Waals surface area contributed by atoms with Gasteiger partial charge in [-0.1, -0.05) is 52.5 Å². The van der Waals surface area contributed by atoms with Gasteiger partial charge in [0.25, 0.3) is 0 Å². The molecule has 2 heterocycles. The highest BCUT2D eigenvalue weighted by Crippen LogP contribution is 2.35. The number of halogens is 4. The zero-order valence-corrected chi connectivity index (χ0v) is 20.1. The van der Waals surface area contributed by atoms with E-state index >= 15 is 0 Å². The van der Waals surface area contributed by atoms with E-state index < -0.39 is 15.1 Å². The summed E-state index contributed by atoms with van der Waals surface area (Å²) in [5, 5.41) is 3.89. The van der Waals surface area contributed by atoms with E-state index in [1.807, 2.05) is 11.4 Å². The van der Waals surface area contributed by atoms with Crippen molar-refractivity contribution in [2.45, 2.75) is 23.0 Å². The molecule has 0 radical (unpaired) electrons. The predicted molar refractivity (Wildman–Crippen MR) is 126 cm³/mol. The number of benzene rings is 2. The van der Waals surface area contributed by atoms with Gasteiger partial charge < -0.3 is 4.90 Å². The standard InChI is InChI=1S/C20H16Cl4N2O2S2/c21-13-2-4-19(17(24)10-13)30(27,28)14-5-7-26(8-6-14)20-25-18(11-29-20)12-1-3-15(22)16(23)9-12/h1-4,9-11,14H,5-8H2. The van der Waals surface area contributed by atoms with Crippen LogP contribution in [-0.4, -0.2) is 31.7 Å². The van der Waals surface area contributed by atoms with E-state index in [2.05, 4.69) is 4.90 Å². The fraction of sp³-hybridized carbons (Fsp3) is 0.250. The first-order valence-corrected chi connectivity index (χ1v) is 13.0. The van der Waals surface area contributed by atoms with Crippen molar-refractivity contribution >= 4 is 72.7 Å². The minimum Gasteiger partial charge on any atom is -0.348 e. The largest absolute Gasteiger partial charge is 0.348 e. The zero-order chi connectivity index (χ0) is 21.5. The third-order valence-corrected chi connectivity index (χ3v) is 9.68. The van der Waals surface area contributed by atoms with Gasteiger partial charge in [-0.05, 0) is 43.2 Å². The molecule has 1 aliphatic rings.